The summed E-state index contributed by atoms with van der Waals surface area (Å²) in [5, 5.41) is 3.24. The molecule has 0 aliphatic carbocycles. The number of halogens is 2. The van der Waals surface area contributed by atoms with Crippen molar-refractivity contribution in [3.05, 3.63) is 87.0 Å². The molecule has 13 heteroatoms. The first kappa shape index (κ1) is 29.1. The van der Waals surface area contributed by atoms with Crippen molar-refractivity contribution in [1.29, 1.82) is 0 Å². The lowest BCUT2D eigenvalue weighted by atomic mass is 10.2. The Bertz CT molecular complexity index is 1750. The van der Waals surface area contributed by atoms with E-state index in [1.807, 2.05) is 6.07 Å². The van der Waals surface area contributed by atoms with Crippen LogP contribution in [0, 0.1) is 13.8 Å². The zero-order valence-electron chi connectivity index (χ0n) is 20.9. The Balaban J connectivity index is 1.61. The lowest BCUT2D eigenvalue weighted by Gasteiger charge is -2.21. The third-order valence-electron chi connectivity index (χ3n) is 5.93. The maximum absolute atomic E-state index is 13.8. The van der Waals surface area contributed by atoms with Crippen molar-refractivity contribution in [3.8, 4) is 0 Å². The highest BCUT2D eigenvalue weighted by molar-refractivity contribution is 9.10. The van der Waals surface area contributed by atoms with Gasteiger partial charge in [0, 0.05) is 33.5 Å². The number of hydrogen-bond acceptors (Lipinski definition) is 5. The zero-order chi connectivity index (χ0) is 28.5. The van der Waals surface area contributed by atoms with Crippen LogP contribution in [0.5, 0.6) is 0 Å². The van der Waals surface area contributed by atoms with Crippen molar-refractivity contribution in [3.63, 3.8) is 0 Å². The second-order valence-electron chi connectivity index (χ2n) is 8.98. The number of aryl methyl sites for hydroxylation is 2. The first-order valence-electron chi connectivity index (χ1n) is 11.7. The molecule has 0 fully saturated rings. The van der Waals surface area contributed by atoms with E-state index in [1.165, 1.54) is 18.2 Å². The number of nitrogens with zero attached hydrogens (tertiary/aromatic N) is 1. The fraction of sp³-hybridized carbons (Fsp3) is 0.192. The predicted octanol–water partition coefficient (Wildman–Crippen LogP) is 5.46. The summed E-state index contributed by atoms with van der Waals surface area (Å²) >= 11 is 9.44. The van der Waals surface area contributed by atoms with Crippen LogP contribution >= 0.6 is 27.5 Å². The number of hydrogen-bond donors (Lipinski definition) is 3. The maximum Gasteiger partial charge on any atom is 0.359 e. The molecule has 0 bridgehead atoms. The lowest BCUT2D eigenvalue weighted by Crippen LogP contribution is -2.34. The standard InChI is InChI=1S/C26H25BrClN3O6S2/c1-16-12-17(2)14-21(13-16)38(33,34)25-22-15-19(28)6-9-23(22)30-24(25)26(32)29-10-3-11-31(39(35,36)37)20-7-4-18(27)5-8-20/h4-9,12-15,30H,3,10-11H2,1-2H3,(H,29,32)(H,35,36,37). The van der Waals surface area contributed by atoms with Crippen LogP contribution in [-0.2, 0) is 20.1 Å². The van der Waals surface area contributed by atoms with Crippen molar-refractivity contribution < 1.29 is 26.2 Å². The van der Waals surface area contributed by atoms with E-state index in [0.717, 1.165) is 19.9 Å². The van der Waals surface area contributed by atoms with Crippen molar-refractivity contribution in [2.75, 3.05) is 17.4 Å². The van der Waals surface area contributed by atoms with Gasteiger partial charge in [-0.2, -0.15) is 8.42 Å². The smallest absolute Gasteiger partial charge is 0.351 e. The van der Waals surface area contributed by atoms with Crippen molar-refractivity contribution in [2.24, 2.45) is 0 Å². The molecule has 39 heavy (non-hydrogen) atoms. The highest BCUT2D eigenvalue weighted by atomic mass is 79.9. The molecule has 9 nitrogen and oxygen atoms in total. The molecule has 1 aromatic heterocycles. The molecule has 3 aromatic carbocycles. The van der Waals surface area contributed by atoms with Gasteiger partial charge >= 0.3 is 10.3 Å². The van der Waals surface area contributed by atoms with Gasteiger partial charge < -0.3 is 10.3 Å². The summed E-state index contributed by atoms with van der Waals surface area (Å²) < 4.78 is 62.7. The molecule has 0 unspecified atom stereocenters. The van der Waals surface area contributed by atoms with Crippen LogP contribution in [0.25, 0.3) is 10.9 Å². The molecule has 3 N–H and O–H groups in total. The number of rotatable bonds is 9. The van der Waals surface area contributed by atoms with Crippen LogP contribution in [-0.4, -0.2) is 45.4 Å². The molecule has 0 aliphatic heterocycles. The molecule has 0 radical (unpaired) electrons. The summed E-state index contributed by atoms with van der Waals surface area (Å²) in [4.78, 5) is 16.0. The zero-order valence-corrected chi connectivity index (χ0v) is 24.9. The summed E-state index contributed by atoms with van der Waals surface area (Å²) in [6, 6.07) is 15.9. The van der Waals surface area contributed by atoms with Gasteiger partial charge in [-0.05, 0) is 86.0 Å². The van der Waals surface area contributed by atoms with E-state index in [2.05, 4.69) is 26.2 Å². The Morgan fingerprint density at radius 1 is 1.00 bits per heavy atom. The number of sulfone groups is 1. The first-order valence-corrected chi connectivity index (χ1v) is 15.8. The molecule has 4 aromatic rings. The molecule has 1 amide bonds. The van der Waals surface area contributed by atoms with Crippen molar-refractivity contribution in [2.45, 2.75) is 30.1 Å². The number of carbonyl (C=O) groups is 1. The van der Waals surface area contributed by atoms with E-state index in [9.17, 15) is 26.2 Å². The van der Waals surface area contributed by atoms with E-state index in [1.54, 1.807) is 50.2 Å². The Labute approximate surface area is 240 Å². The number of aromatic nitrogens is 1. The van der Waals surface area contributed by atoms with Gasteiger partial charge in [0.25, 0.3) is 5.91 Å². The van der Waals surface area contributed by atoms with E-state index >= 15 is 0 Å². The first-order chi connectivity index (χ1) is 18.3. The highest BCUT2D eigenvalue weighted by Crippen LogP contribution is 2.34. The molecular formula is C26H25BrClN3O6S2. The number of nitrogens with one attached hydrogen (secondary N) is 2. The van der Waals surface area contributed by atoms with Crippen molar-refractivity contribution in [1.82, 2.24) is 10.3 Å². The van der Waals surface area contributed by atoms with Gasteiger partial charge in [-0.1, -0.05) is 33.6 Å². The highest BCUT2D eigenvalue weighted by Gasteiger charge is 2.30. The fourth-order valence-corrected chi connectivity index (χ4v) is 7.26. The van der Waals surface area contributed by atoms with Gasteiger partial charge in [0.2, 0.25) is 9.84 Å². The van der Waals surface area contributed by atoms with E-state index in [0.29, 0.717) is 10.5 Å². The molecule has 0 saturated heterocycles. The van der Waals surface area contributed by atoms with Crippen LogP contribution in [0.15, 0.2) is 74.9 Å². The normalized spacial score (nSPS) is 12.0. The van der Waals surface area contributed by atoms with Gasteiger partial charge in [0.05, 0.1) is 10.6 Å². The number of benzene rings is 3. The Morgan fingerprint density at radius 2 is 1.64 bits per heavy atom. The van der Waals surface area contributed by atoms with E-state index in [4.69, 9.17) is 11.6 Å². The second-order valence-corrected chi connectivity index (χ2v) is 13.6. The monoisotopic (exact) mass is 653 g/mol. The molecule has 206 valence electrons. The maximum atomic E-state index is 13.8. The van der Waals surface area contributed by atoms with Crippen LogP contribution < -0.4 is 9.62 Å². The fourth-order valence-electron chi connectivity index (χ4n) is 4.28. The number of carbonyl (C=O) groups excluding carboxylic acids is 1. The third-order valence-corrected chi connectivity index (χ3v) is 9.46. The summed E-state index contributed by atoms with van der Waals surface area (Å²) in [5.74, 6) is -0.688. The Morgan fingerprint density at radius 3 is 2.26 bits per heavy atom. The van der Waals surface area contributed by atoms with E-state index < -0.39 is 26.0 Å². The largest absolute Gasteiger partial charge is 0.359 e. The molecule has 0 atom stereocenters. The van der Waals surface area contributed by atoms with Gasteiger partial charge in [-0.25, -0.2) is 12.7 Å². The number of amides is 1. The minimum atomic E-state index is -4.56. The van der Waals surface area contributed by atoms with Gasteiger partial charge in [0.15, 0.2) is 0 Å². The quantitative estimate of drug-likeness (QED) is 0.162. The number of anilines is 1. The number of H-pyrrole nitrogens is 1. The minimum absolute atomic E-state index is 0.000539. The summed E-state index contributed by atoms with van der Waals surface area (Å²) in [5.41, 5.74) is 2.02. The van der Waals surface area contributed by atoms with E-state index in [-0.39, 0.29) is 46.1 Å². The van der Waals surface area contributed by atoms with Crippen LogP contribution in [0.3, 0.4) is 0 Å². The van der Waals surface area contributed by atoms with Gasteiger partial charge in [0.1, 0.15) is 10.6 Å². The molecular weight excluding hydrogens is 630 g/mol. The number of aromatic amines is 1. The Hall–Kier alpha value is -2.90. The Kier molecular flexibility index (Phi) is 8.43. The van der Waals surface area contributed by atoms with Gasteiger partial charge in [-0.3, -0.25) is 9.35 Å². The minimum Gasteiger partial charge on any atom is -0.351 e. The molecule has 0 saturated carbocycles. The predicted molar refractivity (Wildman–Crippen MR) is 155 cm³/mol. The van der Waals surface area contributed by atoms with Crippen LogP contribution in [0.2, 0.25) is 5.02 Å². The van der Waals surface area contributed by atoms with Crippen LogP contribution in [0.1, 0.15) is 28.0 Å². The number of fused-ring (bicyclic) bond motifs is 1. The van der Waals surface area contributed by atoms with Crippen molar-refractivity contribution >= 4 is 70.2 Å². The average Bonchev–Trinajstić information content (AvgIpc) is 3.23. The molecule has 0 aliphatic rings. The topological polar surface area (TPSA) is 137 Å². The summed E-state index contributed by atoms with van der Waals surface area (Å²) in [6.07, 6.45) is 0.132. The second kappa shape index (κ2) is 11.3. The molecule has 1 heterocycles. The average molecular weight is 655 g/mol. The lowest BCUT2D eigenvalue weighted by molar-refractivity contribution is 0.0946. The SMILES string of the molecule is Cc1cc(C)cc(S(=O)(=O)c2c(C(=O)NCCCN(c3ccc(Br)cc3)S(=O)(=O)O)[nH]c3ccc(Cl)cc23)c1. The summed E-state index contributed by atoms with van der Waals surface area (Å²) in [6.45, 7) is 3.45. The third kappa shape index (κ3) is 6.47. The van der Waals surface area contributed by atoms with Crippen LogP contribution in [0.4, 0.5) is 5.69 Å². The summed E-state index contributed by atoms with van der Waals surface area (Å²) in [7, 11) is -8.70. The molecule has 4 rings (SSSR count). The van der Waals surface area contributed by atoms with Gasteiger partial charge in [-0.15, -0.1) is 0 Å². The molecule has 0 spiro atoms.